The Morgan fingerprint density at radius 1 is 1.53 bits per heavy atom. The van der Waals surface area contributed by atoms with Crippen LogP contribution in [-0.2, 0) is 0 Å². The van der Waals surface area contributed by atoms with Crippen molar-refractivity contribution in [1.82, 2.24) is 25.1 Å². The molecule has 100 valence electrons. The van der Waals surface area contributed by atoms with E-state index in [1.807, 2.05) is 17.9 Å². The van der Waals surface area contributed by atoms with Crippen LogP contribution in [0.2, 0.25) is 0 Å². The molecule has 2 aromatic heterocycles. The number of carbonyl (C=O) groups is 1. The van der Waals surface area contributed by atoms with Gasteiger partial charge in [0.15, 0.2) is 0 Å². The van der Waals surface area contributed by atoms with Crippen molar-refractivity contribution < 1.29 is 4.79 Å². The second kappa shape index (κ2) is 4.87. The molecule has 1 aliphatic rings. The van der Waals surface area contributed by atoms with Crippen molar-refractivity contribution in [1.29, 1.82) is 0 Å². The Morgan fingerprint density at radius 2 is 2.42 bits per heavy atom. The fourth-order valence-electron chi connectivity index (χ4n) is 2.63. The summed E-state index contributed by atoms with van der Waals surface area (Å²) in [5.41, 5.74) is 2.47. The first-order valence-electron chi connectivity index (χ1n) is 6.54. The molecule has 0 saturated carbocycles. The molecule has 1 fully saturated rings. The summed E-state index contributed by atoms with van der Waals surface area (Å²) < 4.78 is 0. The number of aryl methyl sites for hydroxylation is 1. The van der Waals surface area contributed by atoms with E-state index in [1.165, 1.54) is 0 Å². The van der Waals surface area contributed by atoms with Crippen molar-refractivity contribution in [3.8, 4) is 0 Å². The van der Waals surface area contributed by atoms with E-state index in [-0.39, 0.29) is 5.91 Å². The van der Waals surface area contributed by atoms with E-state index in [0.29, 0.717) is 11.6 Å². The smallest absolute Gasteiger partial charge is 0.274 e. The number of H-pyrrole nitrogens is 2. The van der Waals surface area contributed by atoms with E-state index < -0.39 is 0 Å². The Hall–Kier alpha value is -2.11. The highest BCUT2D eigenvalue weighted by molar-refractivity contribution is 5.93. The largest absolute Gasteiger partial charge is 0.348 e. The van der Waals surface area contributed by atoms with Crippen LogP contribution in [0.5, 0.6) is 0 Å². The summed E-state index contributed by atoms with van der Waals surface area (Å²) in [5.74, 6) is 0.363. The summed E-state index contributed by atoms with van der Waals surface area (Å²) in [6.45, 7) is 3.40. The van der Waals surface area contributed by atoms with Gasteiger partial charge >= 0.3 is 0 Å². The number of hydrogen-bond acceptors (Lipinski definition) is 3. The summed E-state index contributed by atoms with van der Waals surface area (Å²) in [7, 11) is 0. The summed E-state index contributed by atoms with van der Waals surface area (Å²) in [6, 6.07) is 1.98. The number of piperidine rings is 1. The molecule has 1 amide bonds. The van der Waals surface area contributed by atoms with Crippen molar-refractivity contribution in [2.24, 2.45) is 0 Å². The lowest BCUT2D eigenvalue weighted by Gasteiger charge is -2.31. The molecule has 0 radical (unpaired) electrons. The highest BCUT2D eigenvalue weighted by Crippen LogP contribution is 2.26. The van der Waals surface area contributed by atoms with E-state index >= 15 is 0 Å². The van der Waals surface area contributed by atoms with Gasteiger partial charge in [-0.05, 0) is 25.8 Å². The SMILES string of the molecule is Cc1[nH]cnc1C(=O)N1CCC[C@@H](c2ccn[nH]2)C1. The molecule has 2 N–H and O–H groups in total. The monoisotopic (exact) mass is 259 g/mol. The molecular formula is C13H17N5O. The van der Waals surface area contributed by atoms with Crippen LogP contribution in [0.15, 0.2) is 18.6 Å². The molecule has 0 bridgehead atoms. The van der Waals surface area contributed by atoms with E-state index in [9.17, 15) is 4.79 Å². The lowest BCUT2D eigenvalue weighted by atomic mass is 9.94. The molecule has 0 aromatic carbocycles. The molecular weight excluding hydrogens is 242 g/mol. The minimum absolute atomic E-state index is 0.0166. The van der Waals surface area contributed by atoms with Gasteiger partial charge in [-0.15, -0.1) is 0 Å². The van der Waals surface area contributed by atoms with Crippen LogP contribution < -0.4 is 0 Å². The Labute approximate surface area is 111 Å². The van der Waals surface area contributed by atoms with Crippen LogP contribution >= 0.6 is 0 Å². The van der Waals surface area contributed by atoms with E-state index in [0.717, 1.165) is 37.3 Å². The number of carbonyl (C=O) groups excluding carboxylic acids is 1. The maximum absolute atomic E-state index is 12.4. The maximum atomic E-state index is 12.4. The molecule has 6 heteroatoms. The third-order valence-electron chi connectivity index (χ3n) is 3.70. The standard InChI is InChI=1S/C13H17N5O/c1-9-12(15-8-14-9)13(19)18-6-2-3-10(7-18)11-4-5-16-17-11/h4-5,8,10H,2-3,6-7H2,1H3,(H,14,15)(H,16,17)/t10-/m1/s1. The number of aromatic nitrogens is 4. The van der Waals surface area contributed by atoms with Crippen LogP contribution in [0.4, 0.5) is 0 Å². The van der Waals surface area contributed by atoms with Gasteiger partial charge in [-0.1, -0.05) is 0 Å². The van der Waals surface area contributed by atoms with Crippen LogP contribution in [-0.4, -0.2) is 44.1 Å². The molecule has 1 atom stereocenters. The first-order valence-corrected chi connectivity index (χ1v) is 6.54. The zero-order chi connectivity index (χ0) is 13.2. The molecule has 0 aliphatic carbocycles. The average Bonchev–Trinajstić information content (AvgIpc) is 3.09. The van der Waals surface area contributed by atoms with Gasteiger partial charge in [0.1, 0.15) is 5.69 Å². The highest BCUT2D eigenvalue weighted by Gasteiger charge is 2.27. The van der Waals surface area contributed by atoms with Gasteiger partial charge in [-0.2, -0.15) is 5.10 Å². The van der Waals surface area contributed by atoms with Crippen LogP contribution in [0.3, 0.4) is 0 Å². The summed E-state index contributed by atoms with van der Waals surface area (Å²) >= 11 is 0. The topological polar surface area (TPSA) is 77.7 Å². The highest BCUT2D eigenvalue weighted by atomic mass is 16.2. The van der Waals surface area contributed by atoms with Crippen molar-refractivity contribution in [3.05, 3.63) is 35.7 Å². The maximum Gasteiger partial charge on any atom is 0.274 e. The van der Waals surface area contributed by atoms with Crippen molar-refractivity contribution in [2.45, 2.75) is 25.7 Å². The number of amides is 1. The number of hydrogen-bond donors (Lipinski definition) is 2. The Morgan fingerprint density at radius 3 is 3.11 bits per heavy atom. The lowest BCUT2D eigenvalue weighted by molar-refractivity contribution is 0.0699. The predicted octanol–water partition coefficient (Wildman–Crippen LogP) is 1.46. The number of nitrogens with zero attached hydrogens (tertiary/aromatic N) is 3. The molecule has 3 rings (SSSR count). The Kier molecular flexibility index (Phi) is 3.06. The Balaban J connectivity index is 1.75. The van der Waals surface area contributed by atoms with Crippen molar-refractivity contribution in [3.63, 3.8) is 0 Å². The molecule has 1 saturated heterocycles. The molecule has 0 unspecified atom stereocenters. The van der Waals surface area contributed by atoms with Crippen LogP contribution in [0, 0.1) is 6.92 Å². The molecule has 6 nitrogen and oxygen atoms in total. The van der Waals surface area contributed by atoms with Gasteiger partial charge in [0.2, 0.25) is 0 Å². The van der Waals surface area contributed by atoms with Gasteiger partial charge in [0.05, 0.1) is 6.33 Å². The molecule has 2 aromatic rings. The first-order chi connectivity index (χ1) is 9.25. The fourth-order valence-corrected chi connectivity index (χ4v) is 2.63. The third kappa shape index (κ3) is 2.25. The zero-order valence-corrected chi connectivity index (χ0v) is 10.9. The first kappa shape index (κ1) is 12.0. The van der Waals surface area contributed by atoms with Gasteiger partial charge in [0.25, 0.3) is 5.91 Å². The summed E-state index contributed by atoms with van der Waals surface area (Å²) in [6.07, 6.45) is 5.43. The average molecular weight is 259 g/mol. The number of nitrogens with one attached hydrogen (secondary N) is 2. The number of rotatable bonds is 2. The quantitative estimate of drug-likeness (QED) is 0.857. The summed E-state index contributed by atoms with van der Waals surface area (Å²) in [4.78, 5) is 21.4. The van der Waals surface area contributed by atoms with Crippen LogP contribution in [0.1, 0.15) is 40.6 Å². The van der Waals surface area contributed by atoms with E-state index in [2.05, 4.69) is 20.2 Å². The number of imidazole rings is 1. The molecule has 0 spiro atoms. The second-order valence-electron chi connectivity index (χ2n) is 4.98. The predicted molar refractivity (Wildman–Crippen MR) is 69.8 cm³/mol. The minimum Gasteiger partial charge on any atom is -0.348 e. The normalized spacial score (nSPS) is 19.6. The van der Waals surface area contributed by atoms with E-state index in [1.54, 1.807) is 12.5 Å². The Bertz CT molecular complexity index is 559. The third-order valence-corrected chi connectivity index (χ3v) is 3.70. The van der Waals surface area contributed by atoms with Gasteiger partial charge in [-0.3, -0.25) is 9.89 Å². The lowest BCUT2D eigenvalue weighted by Crippen LogP contribution is -2.39. The minimum atomic E-state index is 0.0166. The van der Waals surface area contributed by atoms with Crippen LogP contribution in [0.25, 0.3) is 0 Å². The van der Waals surface area contributed by atoms with Gasteiger partial charge in [-0.25, -0.2) is 4.98 Å². The van der Waals surface area contributed by atoms with Gasteiger partial charge in [0, 0.05) is 36.6 Å². The van der Waals surface area contributed by atoms with Crippen molar-refractivity contribution in [2.75, 3.05) is 13.1 Å². The molecule has 1 aliphatic heterocycles. The molecule has 19 heavy (non-hydrogen) atoms. The molecule has 3 heterocycles. The number of likely N-dealkylation sites (tertiary alicyclic amines) is 1. The van der Waals surface area contributed by atoms with E-state index in [4.69, 9.17) is 0 Å². The number of aromatic amines is 2. The zero-order valence-electron chi connectivity index (χ0n) is 10.9. The second-order valence-corrected chi connectivity index (χ2v) is 4.98. The van der Waals surface area contributed by atoms with Crippen molar-refractivity contribution >= 4 is 5.91 Å². The summed E-state index contributed by atoms with van der Waals surface area (Å²) in [5, 5.41) is 6.99. The van der Waals surface area contributed by atoms with Gasteiger partial charge < -0.3 is 9.88 Å². The fraction of sp³-hybridized carbons (Fsp3) is 0.462.